The fourth-order valence-corrected chi connectivity index (χ4v) is 2.15. The molecule has 1 heterocycles. The molecule has 3 nitrogen and oxygen atoms in total. The monoisotopic (exact) mass is 265 g/mol. The molecule has 0 bridgehead atoms. The number of aryl methyl sites for hydroxylation is 1. The maximum absolute atomic E-state index is 13.2. The molecule has 1 aromatic carbocycles. The van der Waals surface area contributed by atoms with Crippen molar-refractivity contribution < 1.29 is 8.78 Å². The lowest BCUT2D eigenvalue weighted by Crippen LogP contribution is -2.24. The van der Waals surface area contributed by atoms with Gasteiger partial charge in [0, 0.05) is 25.3 Å². The lowest BCUT2D eigenvalue weighted by atomic mass is 10.1. The number of hydrogen-bond donors (Lipinski definition) is 1. The summed E-state index contributed by atoms with van der Waals surface area (Å²) in [5.74, 6) is -1.64. The summed E-state index contributed by atoms with van der Waals surface area (Å²) in [7, 11) is 1.87. The molecule has 102 valence electrons. The second-order valence-electron chi connectivity index (χ2n) is 4.66. The van der Waals surface area contributed by atoms with E-state index in [9.17, 15) is 8.78 Å². The average molecular weight is 265 g/mol. The van der Waals surface area contributed by atoms with Gasteiger partial charge in [-0.1, -0.05) is 6.07 Å². The molecule has 0 radical (unpaired) electrons. The Labute approximate surface area is 111 Å². The molecular formula is C14H17F2N3. The van der Waals surface area contributed by atoms with Crippen LogP contribution in [0.4, 0.5) is 8.78 Å². The Balaban J connectivity index is 2.10. The van der Waals surface area contributed by atoms with Gasteiger partial charge in [-0.15, -0.1) is 0 Å². The van der Waals surface area contributed by atoms with Gasteiger partial charge in [-0.3, -0.25) is 4.68 Å². The molecule has 19 heavy (non-hydrogen) atoms. The van der Waals surface area contributed by atoms with Crippen LogP contribution in [0.1, 0.15) is 37.2 Å². The van der Waals surface area contributed by atoms with E-state index >= 15 is 0 Å². The summed E-state index contributed by atoms with van der Waals surface area (Å²) in [5.41, 5.74) is 1.75. The summed E-state index contributed by atoms with van der Waals surface area (Å²) in [5, 5.41) is 7.45. The first-order valence-electron chi connectivity index (χ1n) is 6.18. The van der Waals surface area contributed by atoms with Crippen LogP contribution in [0, 0.1) is 11.6 Å². The van der Waals surface area contributed by atoms with Gasteiger partial charge in [-0.2, -0.15) is 5.10 Å². The molecule has 2 rings (SSSR count). The molecule has 2 atom stereocenters. The first kappa shape index (κ1) is 13.7. The van der Waals surface area contributed by atoms with Crippen LogP contribution in [0.15, 0.2) is 30.5 Å². The normalized spacial score (nSPS) is 14.4. The number of hydrogen-bond acceptors (Lipinski definition) is 2. The number of benzene rings is 1. The predicted molar refractivity (Wildman–Crippen MR) is 69.5 cm³/mol. The lowest BCUT2D eigenvalue weighted by Gasteiger charge is -2.20. The second kappa shape index (κ2) is 5.48. The highest BCUT2D eigenvalue weighted by Crippen LogP contribution is 2.20. The zero-order valence-corrected chi connectivity index (χ0v) is 11.2. The Kier molecular flexibility index (Phi) is 3.95. The van der Waals surface area contributed by atoms with E-state index in [0.29, 0.717) is 5.56 Å². The maximum Gasteiger partial charge on any atom is 0.159 e. The number of nitrogens with one attached hydrogen (secondary N) is 1. The Morgan fingerprint density at radius 2 is 1.84 bits per heavy atom. The Morgan fingerprint density at radius 3 is 2.42 bits per heavy atom. The molecule has 2 aromatic rings. The minimum atomic E-state index is -0.823. The molecule has 1 N–H and O–H groups in total. The van der Waals surface area contributed by atoms with Crippen molar-refractivity contribution in [2.45, 2.75) is 25.9 Å². The molecule has 0 amide bonds. The van der Waals surface area contributed by atoms with E-state index in [-0.39, 0.29) is 12.1 Å². The van der Waals surface area contributed by atoms with Crippen LogP contribution in [0.3, 0.4) is 0 Å². The molecule has 1 aromatic heterocycles. The van der Waals surface area contributed by atoms with Gasteiger partial charge >= 0.3 is 0 Å². The lowest BCUT2D eigenvalue weighted by molar-refractivity contribution is 0.462. The van der Waals surface area contributed by atoms with Crippen molar-refractivity contribution in [2.24, 2.45) is 7.05 Å². The van der Waals surface area contributed by atoms with E-state index in [1.807, 2.05) is 27.0 Å². The smallest absolute Gasteiger partial charge is 0.159 e. The number of aromatic nitrogens is 2. The average Bonchev–Trinajstić information content (AvgIpc) is 2.79. The van der Waals surface area contributed by atoms with E-state index in [1.165, 1.54) is 6.07 Å². The minimum Gasteiger partial charge on any atom is -0.302 e. The quantitative estimate of drug-likeness (QED) is 0.920. The van der Waals surface area contributed by atoms with Crippen LogP contribution >= 0.6 is 0 Å². The molecule has 0 fully saturated rings. The highest BCUT2D eigenvalue weighted by atomic mass is 19.2. The van der Waals surface area contributed by atoms with Gasteiger partial charge in [0.15, 0.2) is 11.6 Å². The molecule has 0 aliphatic rings. The third-order valence-electron chi connectivity index (χ3n) is 3.25. The van der Waals surface area contributed by atoms with Crippen molar-refractivity contribution >= 4 is 0 Å². The van der Waals surface area contributed by atoms with Crippen molar-refractivity contribution in [1.82, 2.24) is 15.1 Å². The topological polar surface area (TPSA) is 29.9 Å². The second-order valence-corrected chi connectivity index (χ2v) is 4.66. The predicted octanol–water partition coefficient (Wildman–Crippen LogP) is 3.11. The standard InChI is InChI=1S/C14H17F2N3/c1-9(11-4-5-12(15)13(16)8-11)18-10(2)14-6-7-17-19(14)3/h4-10,18H,1-3H3. The van der Waals surface area contributed by atoms with E-state index in [1.54, 1.807) is 16.9 Å². The van der Waals surface area contributed by atoms with Crippen LogP contribution in [-0.2, 0) is 7.05 Å². The van der Waals surface area contributed by atoms with Crippen LogP contribution in [0.5, 0.6) is 0 Å². The van der Waals surface area contributed by atoms with E-state index in [0.717, 1.165) is 11.8 Å². The van der Waals surface area contributed by atoms with Crippen LogP contribution in [0.25, 0.3) is 0 Å². The van der Waals surface area contributed by atoms with Gasteiger partial charge < -0.3 is 5.32 Å². The zero-order chi connectivity index (χ0) is 14.0. The Bertz CT molecular complexity index is 566. The maximum atomic E-state index is 13.2. The van der Waals surface area contributed by atoms with E-state index in [4.69, 9.17) is 0 Å². The third-order valence-corrected chi connectivity index (χ3v) is 3.25. The summed E-state index contributed by atoms with van der Waals surface area (Å²) >= 11 is 0. The Hall–Kier alpha value is -1.75. The van der Waals surface area contributed by atoms with E-state index < -0.39 is 11.6 Å². The van der Waals surface area contributed by atoms with Crippen molar-refractivity contribution in [2.75, 3.05) is 0 Å². The third kappa shape index (κ3) is 2.98. The van der Waals surface area contributed by atoms with Crippen molar-refractivity contribution in [3.05, 3.63) is 53.4 Å². The van der Waals surface area contributed by atoms with Crippen molar-refractivity contribution in [3.63, 3.8) is 0 Å². The highest BCUT2D eigenvalue weighted by Gasteiger charge is 2.14. The molecule has 0 aliphatic carbocycles. The van der Waals surface area contributed by atoms with Gasteiger partial charge in [0.2, 0.25) is 0 Å². The van der Waals surface area contributed by atoms with Gasteiger partial charge in [-0.05, 0) is 37.6 Å². The first-order valence-corrected chi connectivity index (χ1v) is 6.18. The Morgan fingerprint density at radius 1 is 1.11 bits per heavy atom. The minimum absolute atomic E-state index is 0.0654. The van der Waals surface area contributed by atoms with Crippen LogP contribution < -0.4 is 5.32 Å². The molecule has 2 unspecified atom stereocenters. The first-order chi connectivity index (χ1) is 8.99. The fraction of sp³-hybridized carbons (Fsp3) is 0.357. The van der Waals surface area contributed by atoms with Crippen LogP contribution in [0.2, 0.25) is 0 Å². The number of rotatable bonds is 4. The molecular weight excluding hydrogens is 248 g/mol. The van der Waals surface area contributed by atoms with Crippen molar-refractivity contribution in [3.8, 4) is 0 Å². The summed E-state index contributed by atoms with van der Waals surface area (Å²) in [6.45, 7) is 3.92. The van der Waals surface area contributed by atoms with Gasteiger partial charge in [-0.25, -0.2) is 8.78 Å². The molecule has 0 spiro atoms. The summed E-state index contributed by atoms with van der Waals surface area (Å²) in [4.78, 5) is 0. The molecule has 0 saturated carbocycles. The number of halogens is 2. The van der Waals surface area contributed by atoms with Gasteiger partial charge in [0.1, 0.15) is 0 Å². The zero-order valence-electron chi connectivity index (χ0n) is 11.2. The van der Waals surface area contributed by atoms with Gasteiger partial charge in [0.25, 0.3) is 0 Å². The van der Waals surface area contributed by atoms with Gasteiger partial charge in [0.05, 0.1) is 5.69 Å². The summed E-state index contributed by atoms with van der Waals surface area (Å²) < 4.78 is 27.9. The highest BCUT2D eigenvalue weighted by molar-refractivity contribution is 5.21. The fourth-order valence-electron chi connectivity index (χ4n) is 2.15. The summed E-state index contributed by atoms with van der Waals surface area (Å²) in [6.07, 6.45) is 1.73. The largest absolute Gasteiger partial charge is 0.302 e. The number of nitrogens with zero attached hydrogens (tertiary/aromatic N) is 2. The molecule has 0 aliphatic heterocycles. The summed E-state index contributed by atoms with van der Waals surface area (Å²) in [6, 6.07) is 5.87. The molecule has 5 heteroatoms. The molecule has 0 saturated heterocycles. The van der Waals surface area contributed by atoms with E-state index in [2.05, 4.69) is 10.4 Å². The SMILES string of the molecule is CC(NC(C)c1ccnn1C)c1ccc(F)c(F)c1. The van der Waals surface area contributed by atoms with Crippen LogP contribution in [-0.4, -0.2) is 9.78 Å². The van der Waals surface area contributed by atoms with Crippen molar-refractivity contribution in [1.29, 1.82) is 0 Å².